The maximum Gasteiger partial charge on any atom is 0.313 e. The van der Waals surface area contributed by atoms with Crippen molar-refractivity contribution in [3.05, 3.63) is 66.0 Å². The predicted molar refractivity (Wildman–Crippen MR) is 132 cm³/mol. The zero-order valence-electron chi connectivity index (χ0n) is 20.1. The molecule has 5 heteroatoms. The summed E-state index contributed by atoms with van der Waals surface area (Å²) in [5.41, 5.74) is 2.29. The minimum atomic E-state index is -0.351. The third kappa shape index (κ3) is 6.42. The van der Waals surface area contributed by atoms with E-state index in [0.29, 0.717) is 12.6 Å². The average Bonchev–Trinajstić information content (AvgIpc) is 2.86. The molecule has 0 radical (unpaired) electrons. The monoisotopic (exact) mass is 449 g/mol. The molecule has 0 N–H and O–H groups in total. The molecule has 33 heavy (non-hydrogen) atoms. The quantitative estimate of drug-likeness (QED) is 0.519. The van der Waals surface area contributed by atoms with Crippen LogP contribution in [0.25, 0.3) is 0 Å². The van der Waals surface area contributed by atoms with Gasteiger partial charge in [0.25, 0.3) is 0 Å². The SMILES string of the molecule is CCOC(=O)[C@]1(CCCc2ccccc2)CCCN(C2CCN(Cc3cccnc3)CC2)C1. The van der Waals surface area contributed by atoms with Gasteiger partial charge in [0, 0.05) is 31.5 Å². The van der Waals surface area contributed by atoms with E-state index in [4.69, 9.17) is 4.74 Å². The van der Waals surface area contributed by atoms with Crippen LogP contribution in [0.3, 0.4) is 0 Å². The smallest absolute Gasteiger partial charge is 0.313 e. The van der Waals surface area contributed by atoms with Crippen molar-refractivity contribution >= 4 is 5.97 Å². The molecular weight excluding hydrogens is 410 g/mol. The van der Waals surface area contributed by atoms with E-state index < -0.39 is 0 Å². The van der Waals surface area contributed by atoms with Crippen LogP contribution in [0.1, 0.15) is 56.6 Å². The molecule has 1 atom stereocenters. The van der Waals surface area contributed by atoms with Crippen LogP contribution in [0.4, 0.5) is 0 Å². The number of esters is 1. The van der Waals surface area contributed by atoms with E-state index in [1.54, 1.807) is 0 Å². The van der Waals surface area contributed by atoms with Crippen molar-refractivity contribution in [2.45, 2.75) is 64.5 Å². The molecule has 1 aromatic heterocycles. The number of pyridine rings is 1. The lowest BCUT2D eigenvalue weighted by atomic mass is 9.75. The van der Waals surface area contributed by atoms with Gasteiger partial charge in [0.1, 0.15) is 0 Å². The number of hydrogen-bond acceptors (Lipinski definition) is 5. The Balaban J connectivity index is 1.34. The number of rotatable bonds is 9. The molecule has 0 amide bonds. The molecule has 0 saturated carbocycles. The molecule has 3 heterocycles. The van der Waals surface area contributed by atoms with Gasteiger partial charge in [0.05, 0.1) is 12.0 Å². The second-order valence-corrected chi connectivity index (χ2v) is 9.78. The van der Waals surface area contributed by atoms with Crippen LogP contribution in [0, 0.1) is 5.41 Å². The number of hydrogen-bond donors (Lipinski definition) is 0. The first-order chi connectivity index (χ1) is 16.2. The van der Waals surface area contributed by atoms with E-state index in [1.165, 1.54) is 24.0 Å². The van der Waals surface area contributed by atoms with E-state index in [0.717, 1.165) is 64.8 Å². The Labute approximate surface area is 199 Å². The summed E-state index contributed by atoms with van der Waals surface area (Å²) in [7, 11) is 0. The second-order valence-electron chi connectivity index (χ2n) is 9.78. The summed E-state index contributed by atoms with van der Waals surface area (Å²) in [5, 5.41) is 0. The van der Waals surface area contributed by atoms with E-state index in [9.17, 15) is 4.79 Å². The Morgan fingerprint density at radius 2 is 1.88 bits per heavy atom. The number of ether oxygens (including phenoxy) is 1. The van der Waals surface area contributed by atoms with Crippen LogP contribution in [-0.4, -0.2) is 59.6 Å². The summed E-state index contributed by atoms with van der Waals surface area (Å²) < 4.78 is 5.63. The minimum Gasteiger partial charge on any atom is -0.466 e. The number of piperidine rings is 2. The topological polar surface area (TPSA) is 45.7 Å². The third-order valence-corrected chi connectivity index (χ3v) is 7.48. The van der Waals surface area contributed by atoms with Gasteiger partial charge in [-0.3, -0.25) is 19.6 Å². The fourth-order valence-corrected chi connectivity index (χ4v) is 5.70. The Morgan fingerprint density at radius 3 is 2.61 bits per heavy atom. The molecule has 0 aliphatic carbocycles. The lowest BCUT2D eigenvalue weighted by Crippen LogP contribution is -2.54. The first kappa shape index (κ1) is 23.9. The average molecular weight is 450 g/mol. The van der Waals surface area contributed by atoms with Gasteiger partial charge in [0.2, 0.25) is 0 Å². The summed E-state index contributed by atoms with van der Waals surface area (Å²) in [6.45, 7) is 7.54. The molecule has 178 valence electrons. The molecule has 2 aromatic rings. The van der Waals surface area contributed by atoms with Crippen molar-refractivity contribution in [2.75, 3.05) is 32.8 Å². The molecule has 2 fully saturated rings. The van der Waals surface area contributed by atoms with E-state index in [1.807, 2.05) is 25.4 Å². The summed E-state index contributed by atoms with van der Waals surface area (Å²) >= 11 is 0. The minimum absolute atomic E-state index is 0.0248. The van der Waals surface area contributed by atoms with Gasteiger partial charge in [0.15, 0.2) is 0 Å². The molecule has 4 rings (SSSR count). The largest absolute Gasteiger partial charge is 0.466 e. The number of nitrogens with zero attached hydrogens (tertiary/aromatic N) is 3. The first-order valence-electron chi connectivity index (χ1n) is 12.7. The van der Waals surface area contributed by atoms with Crippen LogP contribution < -0.4 is 0 Å². The van der Waals surface area contributed by atoms with Crippen LogP contribution in [0.15, 0.2) is 54.9 Å². The fraction of sp³-hybridized carbons (Fsp3) is 0.571. The number of carbonyl (C=O) groups excluding carboxylic acids is 1. The Hall–Kier alpha value is -2.24. The van der Waals surface area contributed by atoms with Gasteiger partial charge in [-0.05, 0) is 88.7 Å². The third-order valence-electron chi connectivity index (χ3n) is 7.48. The highest BCUT2D eigenvalue weighted by Crippen LogP contribution is 2.38. The van der Waals surface area contributed by atoms with Gasteiger partial charge >= 0.3 is 5.97 Å². The van der Waals surface area contributed by atoms with E-state index >= 15 is 0 Å². The van der Waals surface area contributed by atoms with Crippen LogP contribution in [0.2, 0.25) is 0 Å². The molecule has 2 aliphatic rings. The lowest BCUT2D eigenvalue weighted by molar-refractivity contribution is -0.161. The molecule has 2 aliphatic heterocycles. The molecule has 1 aromatic carbocycles. The van der Waals surface area contributed by atoms with Crippen molar-refractivity contribution in [3.63, 3.8) is 0 Å². The highest BCUT2D eigenvalue weighted by Gasteiger charge is 2.44. The molecule has 0 bridgehead atoms. The number of aryl methyl sites for hydroxylation is 1. The molecule has 0 spiro atoms. The van der Waals surface area contributed by atoms with Crippen LogP contribution in [0.5, 0.6) is 0 Å². The van der Waals surface area contributed by atoms with Gasteiger partial charge in [-0.1, -0.05) is 36.4 Å². The lowest BCUT2D eigenvalue weighted by Gasteiger charge is -2.46. The number of carbonyl (C=O) groups is 1. The summed E-state index contributed by atoms with van der Waals surface area (Å²) in [6.07, 6.45) is 11.1. The van der Waals surface area contributed by atoms with E-state index in [-0.39, 0.29) is 11.4 Å². The maximum atomic E-state index is 13.2. The highest BCUT2D eigenvalue weighted by atomic mass is 16.5. The van der Waals surface area contributed by atoms with Gasteiger partial charge < -0.3 is 4.74 Å². The predicted octanol–water partition coefficient (Wildman–Crippen LogP) is 4.71. The Morgan fingerprint density at radius 1 is 1.09 bits per heavy atom. The standard InChI is InChI=1S/C28H39N3O2/c1-2-33-27(32)28(15-6-11-24-9-4-3-5-10-24)16-8-18-31(23-28)26-13-19-30(20-14-26)22-25-12-7-17-29-21-25/h3-5,7,9-10,12,17,21,26H,2,6,8,11,13-16,18-20,22-23H2,1H3/t28-/m1/s1. The molecule has 0 unspecified atom stereocenters. The van der Waals surface area contributed by atoms with Gasteiger partial charge in [-0.15, -0.1) is 0 Å². The van der Waals surface area contributed by atoms with Crippen molar-refractivity contribution in [3.8, 4) is 0 Å². The first-order valence-corrected chi connectivity index (χ1v) is 12.7. The fourth-order valence-electron chi connectivity index (χ4n) is 5.70. The zero-order chi connectivity index (χ0) is 22.9. The Bertz CT molecular complexity index is 852. The van der Waals surface area contributed by atoms with Crippen molar-refractivity contribution in [2.24, 2.45) is 5.41 Å². The second kappa shape index (κ2) is 11.8. The highest BCUT2D eigenvalue weighted by molar-refractivity contribution is 5.77. The van der Waals surface area contributed by atoms with E-state index in [2.05, 4.69) is 51.2 Å². The zero-order valence-corrected chi connectivity index (χ0v) is 20.1. The molecular formula is C28H39N3O2. The van der Waals surface area contributed by atoms with Gasteiger partial charge in [-0.25, -0.2) is 0 Å². The molecule has 2 saturated heterocycles. The number of likely N-dealkylation sites (tertiary alicyclic amines) is 2. The summed E-state index contributed by atoms with van der Waals surface area (Å²) in [4.78, 5) is 22.6. The number of aromatic nitrogens is 1. The normalized spacial score (nSPS) is 22.8. The Kier molecular flexibility index (Phi) is 8.51. The molecule has 5 nitrogen and oxygen atoms in total. The number of benzene rings is 1. The van der Waals surface area contributed by atoms with Crippen molar-refractivity contribution < 1.29 is 9.53 Å². The maximum absolute atomic E-state index is 13.2. The van der Waals surface area contributed by atoms with Crippen LogP contribution in [-0.2, 0) is 22.5 Å². The summed E-state index contributed by atoms with van der Waals surface area (Å²) in [5.74, 6) is 0.0248. The van der Waals surface area contributed by atoms with Crippen molar-refractivity contribution in [1.29, 1.82) is 0 Å². The van der Waals surface area contributed by atoms with Gasteiger partial charge in [-0.2, -0.15) is 0 Å². The van der Waals surface area contributed by atoms with Crippen LogP contribution >= 0.6 is 0 Å². The van der Waals surface area contributed by atoms with Crippen molar-refractivity contribution in [1.82, 2.24) is 14.8 Å². The summed E-state index contributed by atoms with van der Waals surface area (Å²) in [6, 6.07) is 15.4.